The zero-order valence-corrected chi connectivity index (χ0v) is 9.03. The van der Waals surface area contributed by atoms with Gasteiger partial charge in [-0.2, -0.15) is 4.98 Å². The summed E-state index contributed by atoms with van der Waals surface area (Å²) in [6, 6.07) is 0. The van der Waals surface area contributed by atoms with E-state index in [4.69, 9.17) is 25.8 Å². The van der Waals surface area contributed by atoms with Crippen LogP contribution in [0.2, 0.25) is 5.15 Å². The van der Waals surface area contributed by atoms with Gasteiger partial charge in [-0.25, -0.2) is 4.98 Å². The molecule has 5 nitrogen and oxygen atoms in total. The average molecular weight is 231 g/mol. The van der Waals surface area contributed by atoms with E-state index in [1.54, 1.807) is 0 Å². The molecule has 0 spiro atoms. The predicted molar refractivity (Wildman–Crippen MR) is 53.4 cm³/mol. The molecule has 0 amide bonds. The second-order valence-corrected chi connectivity index (χ2v) is 3.46. The first-order valence-electron chi connectivity index (χ1n) is 4.60. The van der Waals surface area contributed by atoms with Gasteiger partial charge in [0, 0.05) is 6.42 Å². The minimum absolute atomic E-state index is 0.0184. The van der Waals surface area contributed by atoms with Gasteiger partial charge in [0.15, 0.2) is 5.15 Å². The van der Waals surface area contributed by atoms with Crippen LogP contribution in [0.4, 0.5) is 0 Å². The fraction of sp³-hybridized carbons (Fsp3) is 0.556. The van der Waals surface area contributed by atoms with E-state index in [-0.39, 0.29) is 11.3 Å². The van der Waals surface area contributed by atoms with Gasteiger partial charge in [0.2, 0.25) is 5.75 Å². The Morgan fingerprint density at radius 3 is 3.07 bits per heavy atom. The smallest absolute Gasteiger partial charge is 0.262 e. The van der Waals surface area contributed by atoms with Gasteiger partial charge in [0.25, 0.3) is 5.88 Å². The van der Waals surface area contributed by atoms with E-state index in [0.717, 1.165) is 6.42 Å². The summed E-state index contributed by atoms with van der Waals surface area (Å²) in [4.78, 5) is 7.78. The van der Waals surface area contributed by atoms with Crippen molar-refractivity contribution < 1.29 is 14.2 Å². The number of hydrogen-bond donors (Lipinski definition) is 0. The second kappa shape index (κ2) is 4.63. The van der Waals surface area contributed by atoms with E-state index in [9.17, 15) is 0 Å². The zero-order valence-electron chi connectivity index (χ0n) is 8.27. The molecule has 15 heavy (non-hydrogen) atoms. The predicted octanol–water partition coefficient (Wildman–Crippen LogP) is 1.31. The lowest BCUT2D eigenvalue weighted by Crippen LogP contribution is -2.17. The molecule has 2 rings (SSSR count). The molecule has 82 valence electrons. The molecule has 1 aromatic heterocycles. The molecular formula is C9H11ClN2O3. The minimum Gasteiger partial charge on any atom is -0.489 e. The average Bonchev–Trinajstić information content (AvgIpc) is 2.71. The normalized spacial score (nSPS) is 20.3. The van der Waals surface area contributed by atoms with Crippen LogP contribution in [0, 0.1) is 0 Å². The molecule has 0 aliphatic carbocycles. The number of aromatic nitrogens is 2. The molecule has 1 aliphatic rings. The molecule has 1 atom stereocenters. The Morgan fingerprint density at radius 1 is 1.53 bits per heavy atom. The Morgan fingerprint density at radius 2 is 2.40 bits per heavy atom. The van der Waals surface area contributed by atoms with Crippen molar-refractivity contribution in [1.82, 2.24) is 9.97 Å². The zero-order chi connectivity index (χ0) is 10.7. The summed E-state index contributed by atoms with van der Waals surface area (Å²) >= 11 is 5.83. The topological polar surface area (TPSA) is 53.5 Å². The first-order chi connectivity index (χ1) is 7.31. The monoisotopic (exact) mass is 230 g/mol. The Balaban J connectivity index is 2.15. The van der Waals surface area contributed by atoms with Crippen molar-refractivity contribution in [2.45, 2.75) is 12.5 Å². The lowest BCUT2D eigenvalue weighted by atomic mass is 10.3. The van der Waals surface area contributed by atoms with Crippen molar-refractivity contribution in [3.8, 4) is 11.6 Å². The maximum Gasteiger partial charge on any atom is 0.262 e. The van der Waals surface area contributed by atoms with Crippen molar-refractivity contribution in [2.75, 3.05) is 20.3 Å². The summed E-state index contributed by atoms with van der Waals surface area (Å²) in [5.41, 5.74) is 0. The van der Waals surface area contributed by atoms with Crippen LogP contribution >= 0.6 is 11.6 Å². The van der Waals surface area contributed by atoms with E-state index in [2.05, 4.69) is 9.97 Å². The number of nitrogens with zero attached hydrogens (tertiary/aromatic N) is 2. The first kappa shape index (κ1) is 10.4. The molecular weight excluding hydrogens is 220 g/mol. The minimum atomic E-state index is 0.0184. The van der Waals surface area contributed by atoms with Crippen LogP contribution in [0.15, 0.2) is 6.33 Å². The number of rotatable bonds is 3. The van der Waals surface area contributed by atoms with Crippen LogP contribution in [-0.4, -0.2) is 36.4 Å². The maximum absolute atomic E-state index is 5.83. The molecule has 0 saturated carbocycles. The standard InChI is InChI=1S/C9H11ClN2O3/c1-13-7-8(10)11-5-12-9(7)15-6-2-3-14-4-6/h5-6H,2-4H2,1H3. The Hall–Kier alpha value is -1.07. The van der Waals surface area contributed by atoms with E-state index < -0.39 is 0 Å². The van der Waals surface area contributed by atoms with Crippen LogP contribution in [0.5, 0.6) is 11.6 Å². The summed E-state index contributed by atoms with van der Waals surface area (Å²) in [6.07, 6.45) is 2.21. The van der Waals surface area contributed by atoms with Gasteiger partial charge in [-0.15, -0.1) is 0 Å². The fourth-order valence-electron chi connectivity index (χ4n) is 1.36. The van der Waals surface area contributed by atoms with Gasteiger partial charge in [-0.1, -0.05) is 11.6 Å². The van der Waals surface area contributed by atoms with Crippen LogP contribution in [0.3, 0.4) is 0 Å². The van der Waals surface area contributed by atoms with Crippen LogP contribution in [-0.2, 0) is 4.74 Å². The SMILES string of the molecule is COc1c(Cl)ncnc1OC1CCOC1. The van der Waals surface area contributed by atoms with Gasteiger partial charge >= 0.3 is 0 Å². The molecule has 1 saturated heterocycles. The number of ether oxygens (including phenoxy) is 3. The Labute approximate surface area is 92.3 Å². The van der Waals surface area contributed by atoms with Gasteiger partial charge in [0.1, 0.15) is 12.4 Å². The molecule has 1 aliphatic heterocycles. The largest absolute Gasteiger partial charge is 0.489 e. The molecule has 6 heteroatoms. The van der Waals surface area contributed by atoms with E-state index >= 15 is 0 Å². The molecule has 1 unspecified atom stereocenters. The highest BCUT2D eigenvalue weighted by molar-refractivity contribution is 6.31. The summed E-state index contributed by atoms with van der Waals surface area (Å²) in [5, 5.41) is 0.251. The van der Waals surface area contributed by atoms with Crippen LogP contribution in [0.1, 0.15) is 6.42 Å². The number of methoxy groups -OCH3 is 1. The third-order valence-corrected chi connectivity index (χ3v) is 2.37. The third kappa shape index (κ3) is 2.30. The molecule has 0 N–H and O–H groups in total. The fourth-order valence-corrected chi connectivity index (χ4v) is 1.56. The van der Waals surface area contributed by atoms with Gasteiger partial charge < -0.3 is 14.2 Å². The lowest BCUT2D eigenvalue weighted by molar-refractivity contribution is 0.135. The first-order valence-corrected chi connectivity index (χ1v) is 4.98. The maximum atomic E-state index is 5.83. The van der Waals surface area contributed by atoms with E-state index in [0.29, 0.717) is 24.8 Å². The summed E-state index contributed by atoms with van der Waals surface area (Å²) in [6.45, 7) is 1.29. The van der Waals surface area contributed by atoms with Crippen molar-refractivity contribution in [3.63, 3.8) is 0 Å². The van der Waals surface area contributed by atoms with E-state index in [1.807, 2.05) is 0 Å². The highest BCUT2D eigenvalue weighted by Gasteiger charge is 2.21. The molecule has 0 aromatic carbocycles. The van der Waals surface area contributed by atoms with Crippen molar-refractivity contribution >= 4 is 11.6 Å². The molecule has 0 radical (unpaired) electrons. The number of hydrogen-bond acceptors (Lipinski definition) is 5. The van der Waals surface area contributed by atoms with Crippen molar-refractivity contribution in [3.05, 3.63) is 11.5 Å². The summed E-state index contributed by atoms with van der Waals surface area (Å²) in [5.74, 6) is 0.735. The number of halogens is 1. The van der Waals surface area contributed by atoms with Crippen LogP contribution in [0.25, 0.3) is 0 Å². The molecule has 0 bridgehead atoms. The molecule has 1 fully saturated rings. The van der Waals surface area contributed by atoms with Crippen LogP contribution < -0.4 is 9.47 Å². The molecule has 1 aromatic rings. The van der Waals surface area contributed by atoms with Crippen molar-refractivity contribution in [1.29, 1.82) is 0 Å². The lowest BCUT2D eigenvalue weighted by Gasteiger charge is -2.13. The highest BCUT2D eigenvalue weighted by atomic mass is 35.5. The van der Waals surface area contributed by atoms with Crippen molar-refractivity contribution in [2.24, 2.45) is 0 Å². The summed E-state index contributed by atoms with van der Waals surface area (Å²) in [7, 11) is 1.50. The highest BCUT2D eigenvalue weighted by Crippen LogP contribution is 2.31. The summed E-state index contributed by atoms with van der Waals surface area (Å²) < 4.78 is 15.8. The quantitative estimate of drug-likeness (QED) is 0.733. The van der Waals surface area contributed by atoms with Gasteiger partial charge in [-0.3, -0.25) is 0 Å². The Kier molecular flexibility index (Phi) is 3.23. The van der Waals surface area contributed by atoms with Gasteiger partial charge in [-0.05, 0) is 0 Å². The Bertz CT molecular complexity index is 342. The van der Waals surface area contributed by atoms with E-state index in [1.165, 1.54) is 13.4 Å². The van der Waals surface area contributed by atoms with Gasteiger partial charge in [0.05, 0.1) is 20.3 Å². The second-order valence-electron chi connectivity index (χ2n) is 3.11. The third-order valence-electron chi connectivity index (χ3n) is 2.10. The molecule has 2 heterocycles.